The van der Waals surface area contributed by atoms with Crippen molar-refractivity contribution in [3.05, 3.63) is 30.1 Å². The number of hydrogen-bond donors (Lipinski definition) is 1. The maximum atomic E-state index is 12.3. The largest absolute Gasteiger partial charge is 0.481 e. The van der Waals surface area contributed by atoms with E-state index in [4.69, 9.17) is 5.11 Å². The fourth-order valence-corrected chi connectivity index (χ4v) is 1.95. The molecule has 0 spiro atoms. The average molecular weight is 278 g/mol. The standard InChI is InChI=1S/C15H22N2O3/c1-2-3-4-5-10-17(11-8-14(18)19)15(20)13-7-6-9-16-12-13/h6-7,9,12H,2-5,8,10-11H2,1H3,(H,18,19). The number of aliphatic carboxylic acids is 1. The fraction of sp³-hybridized carbons (Fsp3) is 0.533. The normalized spacial score (nSPS) is 10.2. The lowest BCUT2D eigenvalue weighted by molar-refractivity contribution is -0.137. The molecule has 0 aliphatic heterocycles. The quantitative estimate of drug-likeness (QED) is 0.705. The highest BCUT2D eigenvalue weighted by Crippen LogP contribution is 2.07. The summed E-state index contributed by atoms with van der Waals surface area (Å²) in [5.74, 6) is -1.03. The van der Waals surface area contributed by atoms with Gasteiger partial charge < -0.3 is 10.0 Å². The second kappa shape index (κ2) is 9.07. The molecule has 1 heterocycles. The van der Waals surface area contributed by atoms with Crippen LogP contribution in [0.25, 0.3) is 0 Å². The number of unbranched alkanes of at least 4 members (excludes halogenated alkanes) is 3. The molecule has 20 heavy (non-hydrogen) atoms. The fourth-order valence-electron chi connectivity index (χ4n) is 1.95. The summed E-state index contributed by atoms with van der Waals surface area (Å²) in [4.78, 5) is 28.5. The molecule has 1 aromatic rings. The van der Waals surface area contributed by atoms with Gasteiger partial charge >= 0.3 is 5.97 Å². The van der Waals surface area contributed by atoms with Crippen molar-refractivity contribution in [2.45, 2.75) is 39.0 Å². The van der Waals surface area contributed by atoms with Gasteiger partial charge in [0.15, 0.2) is 0 Å². The topological polar surface area (TPSA) is 70.5 Å². The number of carboxylic acid groups (broad SMARTS) is 1. The van der Waals surface area contributed by atoms with Crippen molar-refractivity contribution < 1.29 is 14.7 Å². The minimum absolute atomic E-state index is 0.0280. The molecule has 0 saturated heterocycles. The van der Waals surface area contributed by atoms with Crippen LogP contribution >= 0.6 is 0 Å². The first-order valence-electron chi connectivity index (χ1n) is 7.06. The summed E-state index contributed by atoms with van der Waals surface area (Å²) in [5.41, 5.74) is 0.508. The Morgan fingerprint density at radius 3 is 2.65 bits per heavy atom. The maximum Gasteiger partial charge on any atom is 0.305 e. The molecule has 5 heteroatoms. The lowest BCUT2D eigenvalue weighted by Gasteiger charge is -2.22. The van der Waals surface area contributed by atoms with E-state index in [9.17, 15) is 9.59 Å². The van der Waals surface area contributed by atoms with Crippen LogP contribution in [0.4, 0.5) is 0 Å². The summed E-state index contributed by atoms with van der Waals surface area (Å²) in [5, 5.41) is 8.77. The van der Waals surface area contributed by atoms with E-state index in [0.717, 1.165) is 25.7 Å². The van der Waals surface area contributed by atoms with Crippen molar-refractivity contribution in [1.29, 1.82) is 0 Å². The maximum absolute atomic E-state index is 12.3. The molecule has 0 radical (unpaired) electrons. The van der Waals surface area contributed by atoms with Gasteiger partial charge in [-0.2, -0.15) is 0 Å². The summed E-state index contributed by atoms with van der Waals surface area (Å²) in [6.45, 7) is 2.97. The Morgan fingerprint density at radius 2 is 2.05 bits per heavy atom. The zero-order valence-corrected chi connectivity index (χ0v) is 11.9. The molecule has 0 bridgehead atoms. The summed E-state index contributed by atoms with van der Waals surface area (Å²) < 4.78 is 0. The number of aromatic nitrogens is 1. The van der Waals surface area contributed by atoms with Crippen molar-refractivity contribution in [3.63, 3.8) is 0 Å². The summed E-state index contributed by atoms with van der Waals surface area (Å²) in [6.07, 6.45) is 7.32. The number of pyridine rings is 1. The zero-order valence-electron chi connectivity index (χ0n) is 11.9. The van der Waals surface area contributed by atoms with Crippen molar-refractivity contribution in [2.24, 2.45) is 0 Å². The van der Waals surface area contributed by atoms with E-state index < -0.39 is 5.97 Å². The van der Waals surface area contributed by atoms with E-state index in [1.54, 1.807) is 23.2 Å². The molecule has 1 rings (SSSR count). The zero-order chi connectivity index (χ0) is 14.8. The van der Waals surface area contributed by atoms with Crippen LogP contribution < -0.4 is 0 Å². The van der Waals surface area contributed by atoms with Crippen molar-refractivity contribution >= 4 is 11.9 Å². The first-order valence-corrected chi connectivity index (χ1v) is 7.06. The van der Waals surface area contributed by atoms with Gasteiger partial charge in [0, 0.05) is 25.5 Å². The molecule has 1 amide bonds. The van der Waals surface area contributed by atoms with Gasteiger partial charge in [0.25, 0.3) is 5.91 Å². The molecule has 0 aromatic carbocycles. The van der Waals surface area contributed by atoms with E-state index in [0.29, 0.717) is 12.1 Å². The molecular weight excluding hydrogens is 256 g/mol. The van der Waals surface area contributed by atoms with Crippen molar-refractivity contribution in [1.82, 2.24) is 9.88 Å². The SMILES string of the molecule is CCCCCCN(CCC(=O)O)C(=O)c1cccnc1. The molecule has 1 N–H and O–H groups in total. The smallest absolute Gasteiger partial charge is 0.305 e. The second-order valence-corrected chi connectivity index (χ2v) is 4.74. The van der Waals surface area contributed by atoms with Crippen LogP contribution in [0.3, 0.4) is 0 Å². The summed E-state index contributed by atoms with van der Waals surface area (Å²) in [6, 6.07) is 3.41. The van der Waals surface area contributed by atoms with Gasteiger partial charge in [0.05, 0.1) is 12.0 Å². The minimum atomic E-state index is -0.887. The van der Waals surface area contributed by atoms with Gasteiger partial charge in [-0.15, -0.1) is 0 Å². The second-order valence-electron chi connectivity index (χ2n) is 4.74. The predicted octanol–water partition coefficient (Wildman–Crippen LogP) is 2.58. The number of carbonyl (C=O) groups is 2. The van der Waals surface area contributed by atoms with Gasteiger partial charge in [-0.1, -0.05) is 26.2 Å². The van der Waals surface area contributed by atoms with Crippen LogP contribution in [0.5, 0.6) is 0 Å². The molecule has 1 aromatic heterocycles. The molecule has 110 valence electrons. The molecule has 0 unspecified atom stereocenters. The van der Waals surface area contributed by atoms with Crippen LogP contribution in [-0.4, -0.2) is 40.0 Å². The third-order valence-electron chi connectivity index (χ3n) is 3.07. The van der Waals surface area contributed by atoms with Gasteiger partial charge in [0.1, 0.15) is 0 Å². The van der Waals surface area contributed by atoms with E-state index in [-0.39, 0.29) is 18.9 Å². The van der Waals surface area contributed by atoms with Gasteiger partial charge in [-0.3, -0.25) is 14.6 Å². The lowest BCUT2D eigenvalue weighted by Crippen LogP contribution is -2.34. The van der Waals surface area contributed by atoms with Crippen LogP contribution in [-0.2, 0) is 4.79 Å². The Balaban J connectivity index is 2.60. The number of rotatable bonds is 9. The lowest BCUT2D eigenvalue weighted by atomic mass is 10.1. The van der Waals surface area contributed by atoms with Crippen LogP contribution in [0.2, 0.25) is 0 Å². The monoisotopic (exact) mass is 278 g/mol. The summed E-state index contributed by atoms with van der Waals surface area (Å²) >= 11 is 0. The van der Waals surface area contributed by atoms with Crippen molar-refractivity contribution in [2.75, 3.05) is 13.1 Å². The highest BCUT2D eigenvalue weighted by atomic mass is 16.4. The van der Waals surface area contributed by atoms with E-state index in [2.05, 4.69) is 11.9 Å². The highest BCUT2D eigenvalue weighted by Gasteiger charge is 2.16. The first-order chi connectivity index (χ1) is 9.65. The van der Waals surface area contributed by atoms with Crippen LogP contribution in [0, 0.1) is 0 Å². The first kappa shape index (κ1) is 16.1. The Morgan fingerprint density at radius 1 is 1.25 bits per heavy atom. The molecule has 0 aliphatic rings. The van der Waals surface area contributed by atoms with Crippen LogP contribution in [0.1, 0.15) is 49.4 Å². The molecule has 5 nitrogen and oxygen atoms in total. The van der Waals surface area contributed by atoms with Crippen molar-refractivity contribution in [3.8, 4) is 0 Å². The van der Waals surface area contributed by atoms with Gasteiger partial charge in [-0.25, -0.2) is 0 Å². The number of carboxylic acids is 1. The molecule has 0 aliphatic carbocycles. The van der Waals surface area contributed by atoms with E-state index in [1.165, 1.54) is 6.20 Å². The Hall–Kier alpha value is -1.91. The Kier molecular flexibility index (Phi) is 7.32. The van der Waals surface area contributed by atoms with E-state index in [1.807, 2.05) is 0 Å². The molecule has 0 saturated carbocycles. The number of carbonyl (C=O) groups excluding carboxylic acids is 1. The van der Waals surface area contributed by atoms with Gasteiger partial charge in [-0.05, 0) is 18.6 Å². The molecule has 0 atom stereocenters. The Labute approximate surface area is 119 Å². The highest BCUT2D eigenvalue weighted by molar-refractivity contribution is 5.94. The number of nitrogens with zero attached hydrogens (tertiary/aromatic N) is 2. The average Bonchev–Trinajstić information content (AvgIpc) is 2.46. The third kappa shape index (κ3) is 5.82. The van der Waals surface area contributed by atoms with E-state index >= 15 is 0 Å². The predicted molar refractivity (Wildman–Crippen MR) is 76.5 cm³/mol. The number of hydrogen-bond acceptors (Lipinski definition) is 3. The minimum Gasteiger partial charge on any atom is -0.481 e. The molecule has 0 fully saturated rings. The van der Waals surface area contributed by atoms with Gasteiger partial charge in [0.2, 0.25) is 0 Å². The van der Waals surface area contributed by atoms with Crippen LogP contribution in [0.15, 0.2) is 24.5 Å². The number of amides is 1. The Bertz CT molecular complexity index is 420. The molecular formula is C15H22N2O3. The summed E-state index contributed by atoms with van der Waals surface area (Å²) in [7, 11) is 0. The third-order valence-corrected chi connectivity index (χ3v) is 3.07.